The predicted molar refractivity (Wildman–Crippen MR) is 189 cm³/mol. The molecule has 2 aromatic carbocycles. The van der Waals surface area contributed by atoms with Crippen LogP contribution in [0.2, 0.25) is 0 Å². The van der Waals surface area contributed by atoms with Gasteiger partial charge in [0, 0.05) is 47.3 Å². The van der Waals surface area contributed by atoms with Gasteiger partial charge in [-0.3, -0.25) is 9.59 Å². The van der Waals surface area contributed by atoms with Crippen molar-refractivity contribution >= 4 is 53.8 Å². The van der Waals surface area contributed by atoms with E-state index in [0.29, 0.717) is 0 Å². The van der Waals surface area contributed by atoms with Crippen molar-refractivity contribution in [3.63, 3.8) is 0 Å². The standard InChI is InChI=1S/2C14H21N3O2S.C4H6O4/c2*1-15-20(18,19)10-11-4-5-14-13(8-11)12(9-16-14)6-7-17(2)3;5-3(6)1-2-4(7)8/h2*4-5,8-9,15-16H,6-7,10H2,1-3H3;1-2H2,(H,5,6)(H,7,8). The molecule has 2 heterocycles. The number of carbonyl (C=O) groups is 2. The van der Waals surface area contributed by atoms with Crippen LogP contribution >= 0.6 is 0 Å². The van der Waals surface area contributed by atoms with Gasteiger partial charge in [-0.2, -0.15) is 0 Å². The van der Waals surface area contributed by atoms with E-state index in [1.165, 1.54) is 25.2 Å². The Labute approximate surface area is 282 Å². The SMILES string of the molecule is CNS(=O)(=O)Cc1ccc2[nH]cc(CCN(C)C)c2c1.CNS(=O)(=O)Cc1ccc2[nH]cc(CCN(C)C)c2c1.O=C(O)CCC(=O)O. The fourth-order valence-electron chi connectivity index (χ4n) is 4.53. The third kappa shape index (κ3) is 14.1. The molecular formula is C32H48N6O8S2. The van der Waals surface area contributed by atoms with Crippen LogP contribution in [0, 0.1) is 0 Å². The Morgan fingerprint density at radius 2 is 1.02 bits per heavy atom. The summed E-state index contributed by atoms with van der Waals surface area (Å²) < 4.78 is 51.2. The zero-order valence-corrected chi connectivity index (χ0v) is 30.0. The number of hydrogen-bond acceptors (Lipinski definition) is 8. The predicted octanol–water partition coefficient (Wildman–Crippen LogP) is 2.58. The smallest absolute Gasteiger partial charge is 0.303 e. The first kappa shape index (κ1) is 40.4. The van der Waals surface area contributed by atoms with E-state index in [2.05, 4.69) is 29.2 Å². The number of rotatable bonds is 15. The minimum atomic E-state index is -3.23. The third-order valence-corrected chi connectivity index (χ3v) is 9.88. The van der Waals surface area contributed by atoms with Gasteiger partial charge in [-0.05, 0) is 102 Å². The number of carboxylic acid groups (broad SMARTS) is 2. The number of aromatic nitrogens is 2. The van der Waals surface area contributed by atoms with Crippen molar-refractivity contribution in [2.45, 2.75) is 37.2 Å². The van der Waals surface area contributed by atoms with Crippen LogP contribution in [0.5, 0.6) is 0 Å². The number of likely N-dealkylation sites (N-methyl/N-ethyl adjacent to an activating group) is 2. The highest BCUT2D eigenvalue weighted by Crippen LogP contribution is 2.22. The lowest BCUT2D eigenvalue weighted by molar-refractivity contribution is -0.143. The quantitative estimate of drug-likeness (QED) is 0.107. The first-order valence-electron chi connectivity index (χ1n) is 15.2. The lowest BCUT2D eigenvalue weighted by Gasteiger charge is -2.08. The topological polar surface area (TPSA) is 205 Å². The molecule has 0 bridgehead atoms. The van der Waals surface area contributed by atoms with Crippen LogP contribution in [0.15, 0.2) is 48.8 Å². The number of nitrogens with zero attached hydrogens (tertiary/aromatic N) is 2. The number of benzene rings is 2. The van der Waals surface area contributed by atoms with Crippen molar-refractivity contribution in [3.05, 3.63) is 71.0 Å². The molecule has 0 atom stereocenters. The molecule has 0 saturated heterocycles. The van der Waals surface area contributed by atoms with Crippen molar-refractivity contribution in [1.29, 1.82) is 0 Å². The van der Waals surface area contributed by atoms with Crippen molar-refractivity contribution in [1.82, 2.24) is 29.2 Å². The number of sulfonamides is 2. The van der Waals surface area contributed by atoms with Crippen LogP contribution in [0.4, 0.5) is 0 Å². The molecule has 48 heavy (non-hydrogen) atoms. The minimum absolute atomic E-state index is 0.0116. The maximum Gasteiger partial charge on any atom is 0.303 e. The van der Waals surface area contributed by atoms with E-state index in [4.69, 9.17) is 10.2 Å². The summed E-state index contributed by atoms with van der Waals surface area (Å²) in [4.78, 5) is 30.0. The van der Waals surface area contributed by atoms with Crippen LogP contribution in [-0.4, -0.2) is 114 Å². The van der Waals surface area contributed by atoms with Gasteiger partial charge in [-0.25, -0.2) is 26.3 Å². The summed E-state index contributed by atoms with van der Waals surface area (Å²) in [6, 6.07) is 11.5. The minimum Gasteiger partial charge on any atom is -0.481 e. The molecule has 0 aliphatic heterocycles. The monoisotopic (exact) mass is 708 g/mol. The van der Waals surface area contributed by atoms with Crippen molar-refractivity contribution in [2.75, 3.05) is 55.4 Å². The van der Waals surface area contributed by atoms with Crippen LogP contribution in [0.1, 0.15) is 35.1 Å². The molecule has 0 spiro atoms. The molecule has 6 N–H and O–H groups in total. The zero-order valence-electron chi connectivity index (χ0n) is 28.3. The number of nitrogens with one attached hydrogen (secondary N) is 4. The summed E-state index contributed by atoms with van der Waals surface area (Å²) in [6.07, 6.45) is 5.30. The van der Waals surface area contributed by atoms with E-state index in [1.54, 1.807) is 0 Å². The van der Waals surface area contributed by atoms with Crippen LogP contribution in [-0.2, 0) is 54.0 Å². The normalized spacial score (nSPS) is 11.8. The highest BCUT2D eigenvalue weighted by molar-refractivity contribution is 7.88. The van der Waals surface area contributed by atoms with Crippen molar-refractivity contribution in [3.8, 4) is 0 Å². The third-order valence-electron chi connectivity index (χ3n) is 7.21. The number of aromatic amines is 2. The Kier molecular flexibility index (Phi) is 15.7. The molecule has 0 aliphatic carbocycles. The van der Waals surface area contributed by atoms with Crippen molar-refractivity contribution < 1.29 is 36.6 Å². The molecular weight excluding hydrogens is 661 g/mol. The Morgan fingerprint density at radius 3 is 1.31 bits per heavy atom. The van der Waals surface area contributed by atoms with Gasteiger partial charge in [0.25, 0.3) is 0 Å². The fraction of sp³-hybridized carbons (Fsp3) is 0.438. The highest BCUT2D eigenvalue weighted by atomic mass is 32.2. The summed E-state index contributed by atoms with van der Waals surface area (Å²) >= 11 is 0. The second-order valence-electron chi connectivity index (χ2n) is 11.7. The molecule has 0 aliphatic rings. The number of H-pyrrole nitrogens is 2. The molecule has 0 amide bonds. The zero-order chi connectivity index (χ0) is 36.1. The number of fused-ring (bicyclic) bond motifs is 2. The molecule has 16 heteroatoms. The van der Waals surface area contributed by atoms with Crippen LogP contribution in [0.25, 0.3) is 21.8 Å². The Balaban J connectivity index is 0.000000274. The average molecular weight is 709 g/mol. The van der Waals surface area contributed by atoms with Gasteiger partial charge in [0.05, 0.1) is 24.3 Å². The summed E-state index contributed by atoms with van der Waals surface area (Å²) in [5.74, 6) is -2.13. The van der Waals surface area contributed by atoms with Gasteiger partial charge >= 0.3 is 11.9 Å². The largest absolute Gasteiger partial charge is 0.481 e. The fourth-order valence-corrected chi connectivity index (χ4v) is 6.05. The summed E-state index contributed by atoms with van der Waals surface area (Å²) in [6.45, 7) is 1.93. The molecule has 0 fully saturated rings. The van der Waals surface area contributed by atoms with E-state index in [9.17, 15) is 26.4 Å². The highest BCUT2D eigenvalue weighted by Gasteiger charge is 2.12. The van der Waals surface area contributed by atoms with E-state index in [0.717, 1.165) is 58.9 Å². The molecule has 0 saturated carbocycles. The molecule has 4 rings (SSSR count). The van der Waals surface area contributed by atoms with Gasteiger partial charge < -0.3 is 30.0 Å². The van der Waals surface area contributed by atoms with E-state index in [1.807, 2.05) is 77.0 Å². The lowest BCUT2D eigenvalue weighted by atomic mass is 10.1. The second kappa shape index (κ2) is 18.7. The Hall–Kier alpha value is -3.80. The van der Waals surface area contributed by atoms with Crippen LogP contribution < -0.4 is 9.44 Å². The Morgan fingerprint density at radius 1 is 0.667 bits per heavy atom. The summed E-state index contributed by atoms with van der Waals surface area (Å²) in [5.41, 5.74) is 6.14. The van der Waals surface area contributed by atoms with E-state index < -0.39 is 32.0 Å². The molecule has 2 aromatic heterocycles. The molecule has 4 aromatic rings. The Bertz CT molecular complexity index is 1730. The average Bonchev–Trinajstić information content (AvgIpc) is 3.61. The van der Waals surface area contributed by atoms with Gasteiger partial charge in [-0.1, -0.05) is 12.1 Å². The van der Waals surface area contributed by atoms with E-state index >= 15 is 0 Å². The van der Waals surface area contributed by atoms with E-state index in [-0.39, 0.29) is 24.3 Å². The number of aliphatic carboxylic acids is 2. The van der Waals surface area contributed by atoms with Crippen molar-refractivity contribution in [2.24, 2.45) is 0 Å². The molecule has 266 valence electrons. The summed E-state index contributed by atoms with van der Waals surface area (Å²) in [7, 11) is 4.58. The van der Waals surface area contributed by atoms with Crippen LogP contribution in [0.3, 0.4) is 0 Å². The first-order chi connectivity index (χ1) is 22.4. The number of hydrogen-bond donors (Lipinski definition) is 6. The maximum absolute atomic E-state index is 11.6. The van der Waals surface area contributed by atoms with Gasteiger partial charge in [0.1, 0.15) is 0 Å². The second-order valence-corrected chi connectivity index (χ2v) is 15.6. The summed E-state index contributed by atoms with van der Waals surface area (Å²) in [5, 5.41) is 18.0. The number of carboxylic acids is 2. The first-order valence-corrected chi connectivity index (χ1v) is 18.5. The van der Waals surface area contributed by atoms with Gasteiger partial charge in [0.2, 0.25) is 20.0 Å². The lowest BCUT2D eigenvalue weighted by Crippen LogP contribution is -2.20. The molecule has 0 radical (unpaired) electrons. The van der Waals surface area contributed by atoms with Gasteiger partial charge in [-0.15, -0.1) is 0 Å². The van der Waals surface area contributed by atoms with Gasteiger partial charge in [0.15, 0.2) is 0 Å². The molecule has 0 unspecified atom stereocenters. The molecule has 14 nitrogen and oxygen atoms in total. The maximum atomic E-state index is 11.6.